The summed E-state index contributed by atoms with van der Waals surface area (Å²) in [5, 5.41) is 2.26. The predicted octanol–water partition coefficient (Wildman–Crippen LogP) is 4.23. The second-order valence-corrected chi connectivity index (χ2v) is 5.26. The van der Waals surface area contributed by atoms with Crippen molar-refractivity contribution in [2.45, 2.75) is 12.8 Å². The minimum atomic E-state index is -0.589. The summed E-state index contributed by atoms with van der Waals surface area (Å²) in [4.78, 5) is 32.9. The number of nitroso groups, excluding NO2 is 1. The van der Waals surface area contributed by atoms with Gasteiger partial charge in [-0.1, -0.05) is 72.8 Å². The summed E-state index contributed by atoms with van der Waals surface area (Å²) in [6, 6.07) is 17.6. The standard InChI is InChI=1S/C20H18N2O3/c23-19(10-6-1-2-7-11-20(24)21-22-25)18-14-12-17(13-15-18)16-8-4-3-5-9-16/h1-5,7-9,11-15H,6,10H2,(H,21,24,25)/b2-1+,11-7+. The van der Waals surface area contributed by atoms with Crippen LogP contribution < -0.4 is 5.43 Å². The van der Waals surface area contributed by atoms with Gasteiger partial charge in [0.1, 0.15) is 0 Å². The van der Waals surface area contributed by atoms with Gasteiger partial charge in [0.15, 0.2) is 5.78 Å². The average Bonchev–Trinajstić information content (AvgIpc) is 2.65. The number of carbonyl (C=O) groups is 2. The van der Waals surface area contributed by atoms with E-state index in [2.05, 4.69) is 5.29 Å². The molecule has 1 N–H and O–H groups in total. The molecule has 0 aliphatic carbocycles. The lowest BCUT2D eigenvalue weighted by molar-refractivity contribution is -0.116. The number of allylic oxidation sites excluding steroid dienone is 3. The summed E-state index contributed by atoms with van der Waals surface area (Å²) < 4.78 is 0. The third-order valence-electron chi connectivity index (χ3n) is 3.50. The van der Waals surface area contributed by atoms with E-state index >= 15 is 0 Å². The van der Waals surface area contributed by atoms with Crippen LogP contribution in [0.1, 0.15) is 23.2 Å². The number of amides is 1. The van der Waals surface area contributed by atoms with E-state index in [4.69, 9.17) is 0 Å². The van der Waals surface area contributed by atoms with Gasteiger partial charge in [-0.05, 0) is 17.5 Å². The first kappa shape index (κ1) is 18.0. The summed E-state index contributed by atoms with van der Waals surface area (Å²) in [5.74, 6) is -0.523. The molecule has 0 heterocycles. The van der Waals surface area contributed by atoms with Crippen molar-refractivity contribution < 1.29 is 9.59 Å². The van der Waals surface area contributed by atoms with Gasteiger partial charge in [0, 0.05) is 18.1 Å². The molecule has 0 saturated heterocycles. The minimum Gasteiger partial charge on any atom is -0.294 e. The first-order valence-corrected chi connectivity index (χ1v) is 7.85. The van der Waals surface area contributed by atoms with Crippen LogP contribution in [0, 0.1) is 4.91 Å². The molecule has 0 bridgehead atoms. The lowest BCUT2D eigenvalue weighted by Gasteiger charge is -2.03. The van der Waals surface area contributed by atoms with Crippen LogP contribution in [0.25, 0.3) is 11.1 Å². The predicted molar refractivity (Wildman–Crippen MR) is 97.7 cm³/mol. The Morgan fingerprint density at radius 3 is 2.28 bits per heavy atom. The first-order chi connectivity index (χ1) is 12.2. The lowest BCUT2D eigenvalue weighted by atomic mass is 10.0. The normalized spacial score (nSPS) is 10.9. The largest absolute Gasteiger partial charge is 0.294 e. The van der Waals surface area contributed by atoms with Crippen molar-refractivity contribution in [3.8, 4) is 11.1 Å². The second-order valence-electron chi connectivity index (χ2n) is 5.26. The Hall–Kier alpha value is -3.34. The maximum atomic E-state index is 12.2. The van der Waals surface area contributed by atoms with Gasteiger partial charge < -0.3 is 0 Å². The number of benzene rings is 2. The Labute approximate surface area is 146 Å². The summed E-state index contributed by atoms with van der Waals surface area (Å²) in [5.41, 5.74) is 4.62. The average molecular weight is 334 g/mol. The highest BCUT2D eigenvalue weighted by Crippen LogP contribution is 2.19. The van der Waals surface area contributed by atoms with Crippen molar-refractivity contribution >= 4 is 11.7 Å². The third-order valence-corrected chi connectivity index (χ3v) is 3.50. The van der Waals surface area contributed by atoms with Crippen molar-refractivity contribution in [3.63, 3.8) is 0 Å². The van der Waals surface area contributed by atoms with Crippen LogP contribution in [0.3, 0.4) is 0 Å². The Kier molecular flexibility index (Phi) is 7.00. The number of hydrogen-bond donors (Lipinski definition) is 1. The van der Waals surface area contributed by atoms with Gasteiger partial charge in [-0.2, -0.15) is 0 Å². The third kappa shape index (κ3) is 5.99. The molecule has 0 saturated carbocycles. The van der Waals surface area contributed by atoms with Crippen molar-refractivity contribution in [1.82, 2.24) is 5.43 Å². The molecular weight excluding hydrogens is 316 g/mol. The highest BCUT2D eigenvalue weighted by Gasteiger charge is 2.05. The number of hydrogen-bond acceptors (Lipinski definition) is 4. The SMILES string of the molecule is O=NNC(=O)/C=C/C=C/CCC(=O)c1ccc(-c2ccccc2)cc1. The number of nitrogens with one attached hydrogen (secondary N) is 1. The van der Waals surface area contributed by atoms with Crippen LogP contribution in [-0.4, -0.2) is 11.7 Å². The van der Waals surface area contributed by atoms with E-state index in [1.807, 2.05) is 54.6 Å². The number of nitrogens with zero attached hydrogens (tertiary/aromatic N) is 1. The monoisotopic (exact) mass is 334 g/mol. The molecule has 0 fully saturated rings. The van der Waals surface area contributed by atoms with Crippen LogP contribution in [0.4, 0.5) is 0 Å². The van der Waals surface area contributed by atoms with E-state index in [-0.39, 0.29) is 5.78 Å². The molecular formula is C20H18N2O3. The minimum absolute atomic E-state index is 0.0659. The van der Waals surface area contributed by atoms with Gasteiger partial charge in [-0.15, -0.1) is 4.91 Å². The van der Waals surface area contributed by atoms with Crippen LogP contribution >= 0.6 is 0 Å². The summed E-state index contributed by atoms with van der Waals surface area (Å²) in [6.07, 6.45) is 7.06. The Bertz CT molecular complexity index is 778. The molecule has 0 atom stereocenters. The summed E-state index contributed by atoms with van der Waals surface area (Å²) in [7, 11) is 0. The Balaban J connectivity index is 1.83. The lowest BCUT2D eigenvalue weighted by Crippen LogP contribution is -2.12. The quantitative estimate of drug-likeness (QED) is 0.258. The fourth-order valence-corrected chi connectivity index (χ4v) is 2.24. The fraction of sp³-hybridized carbons (Fsp3) is 0.100. The number of rotatable bonds is 8. The van der Waals surface area contributed by atoms with Crippen molar-refractivity contribution in [1.29, 1.82) is 0 Å². The van der Waals surface area contributed by atoms with Gasteiger partial charge in [-0.3, -0.25) is 9.59 Å². The van der Waals surface area contributed by atoms with E-state index in [9.17, 15) is 14.5 Å². The maximum Gasteiger partial charge on any atom is 0.266 e. The van der Waals surface area contributed by atoms with Gasteiger partial charge in [-0.25, -0.2) is 5.43 Å². The zero-order chi connectivity index (χ0) is 17.9. The first-order valence-electron chi connectivity index (χ1n) is 7.85. The van der Waals surface area contributed by atoms with Crippen LogP contribution in [0.15, 0.2) is 84.2 Å². The molecule has 126 valence electrons. The number of ketones is 1. The van der Waals surface area contributed by atoms with Gasteiger partial charge in [0.2, 0.25) is 0 Å². The fourth-order valence-electron chi connectivity index (χ4n) is 2.24. The molecule has 0 aromatic heterocycles. The number of Topliss-reactive ketones (excluding diaryl/α,β-unsaturated/α-hetero) is 1. The van der Waals surface area contributed by atoms with Crippen molar-refractivity contribution in [3.05, 3.63) is 89.4 Å². The van der Waals surface area contributed by atoms with E-state index < -0.39 is 5.91 Å². The topological polar surface area (TPSA) is 75.6 Å². The van der Waals surface area contributed by atoms with Crippen molar-refractivity contribution in [2.24, 2.45) is 5.29 Å². The molecule has 2 aromatic rings. The van der Waals surface area contributed by atoms with Gasteiger partial charge in [0.25, 0.3) is 5.91 Å². The molecule has 0 unspecified atom stereocenters. The van der Waals surface area contributed by atoms with Crippen LogP contribution in [-0.2, 0) is 4.79 Å². The van der Waals surface area contributed by atoms with Crippen LogP contribution in [0.5, 0.6) is 0 Å². The highest BCUT2D eigenvalue weighted by atomic mass is 16.3. The smallest absolute Gasteiger partial charge is 0.266 e. The van der Waals surface area contributed by atoms with E-state index in [1.54, 1.807) is 17.6 Å². The number of carbonyl (C=O) groups excluding carboxylic acids is 2. The Morgan fingerprint density at radius 1 is 0.920 bits per heavy atom. The van der Waals surface area contributed by atoms with Crippen molar-refractivity contribution in [2.75, 3.05) is 0 Å². The maximum absolute atomic E-state index is 12.2. The van der Waals surface area contributed by atoms with Crippen LogP contribution in [0.2, 0.25) is 0 Å². The molecule has 5 nitrogen and oxygen atoms in total. The van der Waals surface area contributed by atoms with E-state index in [0.29, 0.717) is 18.4 Å². The Morgan fingerprint density at radius 2 is 1.60 bits per heavy atom. The molecule has 0 aliphatic heterocycles. The molecule has 25 heavy (non-hydrogen) atoms. The van der Waals surface area contributed by atoms with E-state index in [0.717, 1.165) is 11.1 Å². The molecule has 0 spiro atoms. The molecule has 0 aliphatic rings. The summed E-state index contributed by atoms with van der Waals surface area (Å²) >= 11 is 0. The molecule has 5 heteroatoms. The second kappa shape index (κ2) is 9.72. The molecule has 2 aromatic carbocycles. The zero-order valence-corrected chi connectivity index (χ0v) is 13.6. The summed E-state index contributed by atoms with van der Waals surface area (Å²) in [6.45, 7) is 0. The molecule has 0 radical (unpaired) electrons. The van der Waals surface area contributed by atoms with Gasteiger partial charge in [0.05, 0.1) is 5.29 Å². The zero-order valence-electron chi connectivity index (χ0n) is 13.6. The highest BCUT2D eigenvalue weighted by molar-refractivity contribution is 5.96. The van der Waals surface area contributed by atoms with Gasteiger partial charge >= 0.3 is 0 Å². The molecule has 1 amide bonds. The molecule has 2 rings (SSSR count). The van der Waals surface area contributed by atoms with E-state index in [1.165, 1.54) is 12.2 Å².